The molecule has 108 valence electrons. The molecule has 1 aromatic rings. The van der Waals surface area contributed by atoms with Crippen LogP contribution in [0.2, 0.25) is 0 Å². The first kappa shape index (κ1) is 15.9. The second-order valence-electron chi connectivity index (χ2n) is 5.64. The van der Waals surface area contributed by atoms with Gasteiger partial charge in [0.1, 0.15) is 0 Å². The summed E-state index contributed by atoms with van der Waals surface area (Å²) >= 11 is 0. The molecule has 0 aliphatic rings. The summed E-state index contributed by atoms with van der Waals surface area (Å²) < 4.78 is 26.9. The molecule has 0 bridgehead atoms. The van der Waals surface area contributed by atoms with Gasteiger partial charge in [0.05, 0.1) is 4.90 Å². The largest absolute Gasteiger partial charge is 0.324 e. The smallest absolute Gasteiger partial charge is 0.240 e. The zero-order valence-electron chi connectivity index (χ0n) is 11.9. The first-order chi connectivity index (χ1) is 8.69. The lowest BCUT2D eigenvalue weighted by Gasteiger charge is -2.29. The number of hydrogen-bond acceptors (Lipinski definition) is 4. The Labute approximate surface area is 115 Å². The van der Waals surface area contributed by atoms with Crippen molar-refractivity contribution in [1.29, 1.82) is 0 Å². The number of hydrazine groups is 1. The Morgan fingerprint density at radius 2 is 1.74 bits per heavy atom. The number of hydrogen-bond donors (Lipinski definition) is 3. The average molecular weight is 285 g/mol. The van der Waals surface area contributed by atoms with E-state index in [1.807, 2.05) is 13.8 Å². The minimum atomic E-state index is -3.47. The van der Waals surface area contributed by atoms with Gasteiger partial charge in [0.15, 0.2) is 0 Å². The van der Waals surface area contributed by atoms with E-state index in [0.29, 0.717) is 18.2 Å². The van der Waals surface area contributed by atoms with Crippen LogP contribution in [-0.2, 0) is 10.0 Å². The van der Waals surface area contributed by atoms with Crippen molar-refractivity contribution < 1.29 is 8.42 Å². The molecule has 6 heteroatoms. The molecule has 0 unspecified atom stereocenters. The lowest BCUT2D eigenvalue weighted by molar-refractivity contribution is 0.252. The molecule has 1 aromatic carbocycles. The predicted molar refractivity (Wildman–Crippen MR) is 78.1 cm³/mol. The van der Waals surface area contributed by atoms with E-state index >= 15 is 0 Å². The first-order valence-electron chi connectivity index (χ1n) is 6.25. The number of rotatable bonds is 6. The Balaban J connectivity index is 2.81. The average Bonchev–Trinajstić information content (AvgIpc) is 2.36. The molecule has 0 radical (unpaired) electrons. The van der Waals surface area contributed by atoms with Crippen LogP contribution in [0.25, 0.3) is 0 Å². The molecule has 4 N–H and O–H groups in total. The van der Waals surface area contributed by atoms with Crippen LogP contribution in [0.5, 0.6) is 0 Å². The maximum absolute atomic E-state index is 12.1. The highest BCUT2D eigenvalue weighted by atomic mass is 32.2. The van der Waals surface area contributed by atoms with Crippen molar-refractivity contribution in [2.45, 2.75) is 32.6 Å². The van der Waals surface area contributed by atoms with Gasteiger partial charge in [-0.3, -0.25) is 5.84 Å². The van der Waals surface area contributed by atoms with Gasteiger partial charge >= 0.3 is 0 Å². The molecule has 0 saturated carbocycles. The lowest BCUT2D eigenvalue weighted by atomic mass is 9.81. The van der Waals surface area contributed by atoms with Crippen molar-refractivity contribution in [3.05, 3.63) is 24.3 Å². The molecule has 0 saturated heterocycles. The summed E-state index contributed by atoms with van der Waals surface area (Å²) in [5.41, 5.74) is 3.04. The van der Waals surface area contributed by atoms with Crippen LogP contribution in [-0.4, -0.2) is 15.0 Å². The Bertz CT molecular complexity index is 507. The number of nitrogens with one attached hydrogen (secondary N) is 2. The fourth-order valence-corrected chi connectivity index (χ4v) is 2.52. The molecule has 0 heterocycles. The fraction of sp³-hybridized carbons (Fsp3) is 0.538. The van der Waals surface area contributed by atoms with E-state index < -0.39 is 10.0 Å². The van der Waals surface area contributed by atoms with Gasteiger partial charge in [0, 0.05) is 12.2 Å². The Hall–Kier alpha value is -1.11. The van der Waals surface area contributed by atoms with E-state index in [1.165, 1.54) is 12.1 Å². The van der Waals surface area contributed by atoms with Gasteiger partial charge in [-0.1, -0.05) is 27.7 Å². The number of nitrogen functional groups attached to an aromatic ring is 1. The molecule has 0 aliphatic carbocycles. The van der Waals surface area contributed by atoms with Crippen LogP contribution < -0.4 is 16.0 Å². The summed E-state index contributed by atoms with van der Waals surface area (Å²) in [4.78, 5) is 0.242. The van der Waals surface area contributed by atoms with Crippen LogP contribution in [0.4, 0.5) is 5.69 Å². The van der Waals surface area contributed by atoms with Gasteiger partial charge in [-0.05, 0) is 35.6 Å². The summed E-state index contributed by atoms with van der Waals surface area (Å²) in [5, 5.41) is 0. The molecule has 0 aliphatic heterocycles. The lowest BCUT2D eigenvalue weighted by Crippen LogP contribution is -2.36. The van der Waals surface area contributed by atoms with Crippen molar-refractivity contribution in [2.75, 3.05) is 12.0 Å². The predicted octanol–water partition coefficient (Wildman–Crippen LogP) is 1.93. The molecular weight excluding hydrogens is 262 g/mol. The number of sulfonamides is 1. The second kappa shape index (κ2) is 5.90. The highest BCUT2D eigenvalue weighted by molar-refractivity contribution is 7.89. The standard InChI is InChI=1S/C13H23N3O2S/c1-10(2)13(3,4)9-15-19(17,18)12-7-5-11(16-14)6-8-12/h5-8,10,15-16H,9,14H2,1-4H3. The third-order valence-corrected chi connectivity index (χ3v) is 5.03. The Morgan fingerprint density at radius 3 is 2.16 bits per heavy atom. The summed E-state index contributed by atoms with van der Waals surface area (Å²) in [6.07, 6.45) is 0. The third kappa shape index (κ3) is 4.19. The Morgan fingerprint density at radius 1 is 1.21 bits per heavy atom. The van der Waals surface area contributed by atoms with Crippen LogP contribution in [0, 0.1) is 11.3 Å². The summed E-state index contributed by atoms with van der Waals surface area (Å²) in [6.45, 7) is 8.65. The van der Waals surface area contributed by atoms with Gasteiger partial charge in [0.2, 0.25) is 10.0 Å². The van der Waals surface area contributed by atoms with E-state index in [0.717, 1.165) is 0 Å². The highest BCUT2D eigenvalue weighted by Gasteiger charge is 2.25. The second-order valence-corrected chi connectivity index (χ2v) is 7.40. The number of benzene rings is 1. The van der Waals surface area contributed by atoms with E-state index in [-0.39, 0.29) is 10.3 Å². The topological polar surface area (TPSA) is 84.2 Å². The van der Waals surface area contributed by atoms with Gasteiger partial charge in [0.25, 0.3) is 0 Å². The summed E-state index contributed by atoms with van der Waals surface area (Å²) in [7, 11) is -3.47. The van der Waals surface area contributed by atoms with Crippen molar-refractivity contribution in [1.82, 2.24) is 4.72 Å². The molecule has 0 fully saturated rings. The molecule has 19 heavy (non-hydrogen) atoms. The van der Waals surface area contributed by atoms with Crippen molar-refractivity contribution in [3.63, 3.8) is 0 Å². The molecule has 0 amide bonds. The van der Waals surface area contributed by atoms with E-state index in [9.17, 15) is 8.42 Å². The van der Waals surface area contributed by atoms with Crippen LogP contribution in [0.3, 0.4) is 0 Å². The van der Waals surface area contributed by atoms with Crippen LogP contribution in [0.1, 0.15) is 27.7 Å². The maximum atomic E-state index is 12.1. The zero-order valence-corrected chi connectivity index (χ0v) is 12.7. The SMILES string of the molecule is CC(C)C(C)(C)CNS(=O)(=O)c1ccc(NN)cc1. The number of anilines is 1. The molecule has 5 nitrogen and oxygen atoms in total. The van der Waals surface area contributed by atoms with E-state index in [1.54, 1.807) is 12.1 Å². The van der Waals surface area contributed by atoms with Crippen LogP contribution >= 0.6 is 0 Å². The highest BCUT2D eigenvalue weighted by Crippen LogP contribution is 2.25. The van der Waals surface area contributed by atoms with Gasteiger partial charge in [-0.2, -0.15) is 0 Å². The van der Waals surface area contributed by atoms with Gasteiger partial charge in [-0.25, -0.2) is 13.1 Å². The molecular formula is C13H23N3O2S. The van der Waals surface area contributed by atoms with Gasteiger partial charge in [-0.15, -0.1) is 0 Å². The normalized spacial score (nSPS) is 12.7. The molecule has 0 aromatic heterocycles. The summed E-state index contributed by atoms with van der Waals surface area (Å²) in [6, 6.07) is 6.31. The first-order valence-corrected chi connectivity index (χ1v) is 7.74. The van der Waals surface area contributed by atoms with Crippen LogP contribution in [0.15, 0.2) is 29.2 Å². The minimum absolute atomic E-state index is 0.0914. The molecule has 0 spiro atoms. The quantitative estimate of drug-likeness (QED) is 0.551. The third-order valence-electron chi connectivity index (χ3n) is 3.61. The molecule has 1 rings (SSSR count). The van der Waals surface area contributed by atoms with Crippen molar-refractivity contribution >= 4 is 15.7 Å². The van der Waals surface area contributed by atoms with Gasteiger partial charge < -0.3 is 5.43 Å². The maximum Gasteiger partial charge on any atom is 0.240 e. The zero-order chi connectivity index (χ0) is 14.7. The number of nitrogens with two attached hydrogens (primary N) is 1. The Kier molecular flexibility index (Phi) is 4.95. The van der Waals surface area contributed by atoms with Crippen molar-refractivity contribution in [3.8, 4) is 0 Å². The molecule has 0 atom stereocenters. The van der Waals surface area contributed by atoms with E-state index in [2.05, 4.69) is 24.0 Å². The minimum Gasteiger partial charge on any atom is -0.324 e. The monoisotopic (exact) mass is 285 g/mol. The van der Waals surface area contributed by atoms with Crippen molar-refractivity contribution in [2.24, 2.45) is 17.2 Å². The summed E-state index contributed by atoms with van der Waals surface area (Å²) in [5.74, 6) is 5.63. The fourth-order valence-electron chi connectivity index (χ4n) is 1.30. The van der Waals surface area contributed by atoms with E-state index in [4.69, 9.17) is 5.84 Å².